The fourth-order valence-corrected chi connectivity index (χ4v) is 7.20. The van der Waals surface area contributed by atoms with Gasteiger partial charge in [-0.05, 0) is 126 Å². The van der Waals surface area contributed by atoms with Crippen LogP contribution in [0.3, 0.4) is 0 Å². The van der Waals surface area contributed by atoms with Gasteiger partial charge in [0.15, 0.2) is 0 Å². The first-order valence-corrected chi connectivity index (χ1v) is 20.2. The molecule has 8 aromatic rings. The number of fused-ring (bicyclic) bond motifs is 3. The van der Waals surface area contributed by atoms with E-state index in [1.54, 1.807) is 12.2 Å². The normalized spacial score (nSPS) is 11.3. The van der Waals surface area contributed by atoms with Crippen LogP contribution in [0.2, 0.25) is 0 Å². The van der Waals surface area contributed by atoms with Crippen molar-refractivity contribution in [2.24, 2.45) is 5.92 Å². The van der Waals surface area contributed by atoms with Crippen molar-refractivity contribution in [3.63, 3.8) is 0 Å². The van der Waals surface area contributed by atoms with Crippen LogP contribution >= 0.6 is 0 Å². The molecule has 8 rings (SSSR count). The molecule has 282 valence electrons. The molecule has 0 heterocycles. The highest BCUT2D eigenvalue weighted by atomic mass is 14.2. The van der Waals surface area contributed by atoms with Crippen LogP contribution in [-0.2, 0) is 0 Å². The Labute approximate surface area is 340 Å². The maximum atomic E-state index is 3.36. The van der Waals surface area contributed by atoms with Gasteiger partial charge in [-0.2, -0.15) is 0 Å². The van der Waals surface area contributed by atoms with Gasteiger partial charge < -0.3 is 0 Å². The summed E-state index contributed by atoms with van der Waals surface area (Å²) in [4.78, 5) is 0. The molecule has 8 aromatic carbocycles. The average Bonchev–Trinajstić information content (AvgIpc) is 3.27. The van der Waals surface area contributed by atoms with Crippen molar-refractivity contribution in [3.8, 4) is 44.5 Å². The maximum absolute atomic E-state index is 3.36. The summed E-state index contributed by atoms with van der Waals surface area (Å²) in [5.74, 6) is 0.884. The molecule has 57 heavy (non-hydrogen) atoms. The van der Waals surface area contributed by atoms with Crippen LogP contribution in [0.25, 0.3) is 82.4 Å². The van der Waals surface area contributed by atoms with Crippen LogP contribution in [0.5, 0.6) is 0 Å². The third kappa shape index (κ3) is 9.31. The Balaban J connectivity index is 0.000000553. The molecule has 0 nitrogen and oxygen atoms in total. The lowest BCUT2D eigenvalue weighted by molar-refractivity contribution is 0.626. The summed E-state index contributed by atoms with van der Waals surface area (Å²) in [7, 11) is 0. The Hall–Kier alpha value is -6.50. The van der Waals surface area contributed by atoms with Gasteiger partial charge in [0.1, 0.15) is 0 Å². The molecule has 0 N–H and O–H groups in total. The number of allylic oxidation sites excluding steroid dienone is 6. The number of hydrogen-bond donors (Lipinski definition) is 0. The van der Waals surface area contributed by atoms with E-state index in [4.69, 9.17) is 0 Å². The van der Waals surface area contributed by atoms with Crippen molar-refractivity contribution < 1.29 is 0 Å². The lowest BCUT2D eigenvalue weighted by Crippen LogP contribution is -1.93. The van der Waals surface area contributed by atoms with Gasteiger partial charge in [0, 0.05) is 0 Å². The van der Waals surface area contributed by atoms with Crippen molar-refractivity contribution in [1.29, 1.82) is 0 Å². The molecular formula is C57H54. The summed E-state index contributed by atoms with van der Waals surface area (Å²) >= 11 is 0. The Morgan fingerprint density at radius 1 is 0.474 bits per heavy atom. The maximum Gasteiger partial charge on any atom is -0.00261 e. The minimum Gasteiger partial charge on any atom is -0.0991 e. The quantitative estimate of drug-likeness (QED) is 0.108. The van der Waals surface area contributed by atoms with E-state index in [1.807, 2.05) is 0 Å². The number of hydrogen-bond acceptors (Lipinski definition) is 0. The second-order valence-corrected chi connectivity index (χ2v) is 14.7. The highest BCUT2D eigenvalue weighted by Gasteiger charge is 2.18. The summed E-state index contributed by atoms with van der Waals surface area (Å²) < 4.78 is 0. The van der Waals surface area contributed by atoms with E-state index in [2.05, 4.69) is 230 Å². The number of benzene rings is 8. The SMILES string of the molecule is C/C=C\C(=C/C)c1ccc2c(-c3cccc(-c4ccc5ccccc5c4)c3)c3ccccc3c(-c3ccc(-c4ccccc4)cc3)c2c1.C=CC=C.CCC(C)C. The van der Waals surface area contributed by atoms with Crippen LogP contribution in [0.1, 0.15) is 46.6 Å². The zero-order chi connectivity index (χ0) is 40.1. The van der Waals surface area contributed by atoms with E-state index in [0.29, 0.717) is 0 Å². The van der Waals surface area contributed by atoms with Gasteiger partial charge in [-0.1, -0.05) is 216 Å². The monoisotopic (exact) mass is 738 g/mol. The predicted octanol–water partition coefficient (Wildman–Crippen LogP) is 17.2. The van der Waals surface area contributed by atoms with Crippen LogP contribution in [0, 0.1) is 5.92 Å². The molecule has 0 unspecified atom stereocenters. The van der Waals surface area contributed by atoms with E-state index in [1.165, 1.54) is 94.4 Å². The average molecular weight is 739 g/mol. The molecule has 0 aliphatic rings. The van der Waals surface area contributed by atoms with E-state index < -0.39 is 0 Å². The molecule has 0 aliphatic heterocycles. The molecule has 0 aliphatic carbocycles. The minimum atomic E-state index is 0.884. The van der Waals surface area contributed by atoms with Crippen LogP contribution in [0.15, 0.2) is 207 Å². The van der Waals surface area contributed by atoms with Gasteiger partial charge in [0.25, 0.3) is 0 Å². The molecule has 0 heteroatoms. The summed E-state index contributed by atoms with van der Waals surface area (Å²) in [6, 6.07) is 60.1. The molecule has 0 saturated carbocycles. The minimum absolute atomic E-state index is 0.884. The van der Waals surface area contributed by atoms with E-state index in [0.717, 1.165) is 5.92 Å². The summed E-state index contributed by atoms with van der Waals surface area (Å²) in [6.45, 7) is 17.6. The predicted molar refractivity (Wildman–Crippen MR) is 255 cm³/mol. The highest BCUT2D eigenvalue weighted by Crippen LogP contribution is 2.45. The van der Waals surface area contributed by atoms with Crippen molar-refractivity contribution >= 4 is 37.9 Å². The topological polar surface area (TPSA) is 0 Å². The molecule has 0 saturated heterocycles. The smallest absolute Gasteiger partial charge is 0.00261 e. The van der Waals surface area contributed by atoms with Gasteiger partial charge in [-0.3, -0.25) is 0 Å². The molecule has 0 radical (unpaired) electrons. The summed E-state index contributed by atoms with van der Waals surface area (Å²) in [5.41, 5.74) is 12.3. The molecule has 0 aromatic heterocycles. The first-order chi connectivity index (χ1) is 27.9. The fraction of sp³-hybridized carbons (Fsp3) is 0.123. The van der Waals surface area contributed by atoms with Gasteiger partial charge in [0.2, 0.25) is 0 Å². The Morgan fingerprint density at radius 3 is 1.61 bits per heavy atom. The van der Waals surface area contributed by atoms with Gasteiger partial charge >= 0.3 is 0 Å². The van der Waals surface area contributed by atoms with Crippen LogP contribution in [0.4, 0.5) is 0 Å². The molecule has 0 bridgehead atoms. The highest BCUT2D eigenvalue weighted by molar-refractivity contribution is 6.22. The molecule has 0 fully saturated rings. The van der Waals surface area contributed by atoms with Crippen molar-refractivity contribution in [2.45, 2.75) is 41.0 Å². The first-order valence-electron chi connectivity index (χ1n) is 20.2. The standard InChI is InChI=1S/C48H36.C5H12.C4H6/c1-3-13-33(4-2)41-28-29-45-46(32-41)47(37-25-22-36(23-26-37)34-14-6-5-7-15-34)43-20-10-11-21-44(43)48(45)42-19-12-18-39(31-42)40-27-24-35-16-8-9-17-38(35)30-40;1-4-5(2)3;1-3-4-2/h3-32H,1-2H3;5H,4H2,1-3H3;3-4H,1-2H2/b13-3-,33-4+;;. The lowest BCUT2D eigenvalue weighted by Gasteiger charge is -2.19. The van der Waals surface area contributed by atoms with Gasteiger partial charge in [-0.25, -0.2) is 0 Å². The number of rotatable bonds is 8. The van der Waals surface area contributed by atoms with E-state index in [9.17, 15) is 0 Å². The largest absolute Gasteiger partial charge is 0.0991 e. The second kappa shape index (κ2) is 19.4. The molecule has 0 atom stereocenters. The molecule has 0 spiro atoms. The van der Waals surface area contributed by atoms with Crippen LogP contribution in [-0.4, -0.2) is 0 Å². The molecular weight excluding hydrogens is 685 g/mol. The summed E-state index contributed by atoms with van der Waals surface area (Å²) in [6.07, 6.45) is 11.1. The third-order valence-corrected chi connectivity index (χ3v) is 10.5. The third-order valence-electron chi connectivity index (χ3n) is 10.5. The van der Waals surface area contributed by atoms with Crippen molar-refractivity contribution in [3.05, 3.63) is 213 Å². The second-order valence-electron chi connectivity index (χ2n) is 14.7. The lowest BCUT2D eigenvalue weighted by atomic mass is 9.84. The van der Waals surface area contributed by atoms with E-state index in [-0.39, 0.29) is 0 Å². The Kier molecular flexibility index (Phi) is 13.7. The molecule has 0 amide bonds. The fourth-order valence-electron chi connectivity index (χ4n) is 7.20. The Bertz CT molecular complexity index is 2660. The van der Waals surface area contributed by atoms with Gasteiger partial charge in [-0.15, -0.1) is 0 Å². The first kappa shape index (κ1) is 40.2. The summed E-state index contributed by atoms with van der Waals surface area (Å²) in [5, 5.41) is 7.55. The van der Waals surface area contributed by atoms with Crippen molar-refractivity contribution in [2.75, 3.05) is 0 Å². The van der Waals surface area contributed by atoms with Crippen LogP contribution < -0.4 is 0 Å². The van der Waals surface area contributed by atoms with E-state index >= 15 is 0 Å². The zero-order valence-electron chi connectivity index (χ0n) is 34.2. The van der Waals surface area contributed by atoms with Gasteiger partial charge in [0.05, 0.1) is 0 Å². The Morgan fingerprint density at radius 2 is 0.982 bits per heavy atom. The van der Waals surface area contributed by atoms with Crippen molar-refractivity contribution in [1.82, 2.24) is 0 Å². The zero-order valence-corrected chi connectivity index (χ0v) is 34.2.